The minimum absolute atomic E-state index is 0.0568. The molecule has 0 atom stereocenters. The fourth-order valence-corrected chi connectivity index (χ4v) is 3.26. The summed E-state index contributed by atoms with van der Waals surface area (Å²) in [4.78, 5) is 24.4. The number of aryl methyl sites for hydroxylation is 1. The Bertz CT molecular complexity index is 1030. The van der Waals surface area contributed by atoms with Gasteiger partial charge in [-0.05, 0) is 34.8 Å². The van der Waals surface area contributed by atoms with E-state index in [2.05, 4.69) is 30.9 Å². The number of aromatic nitrogens is 4. The van der Waals surface area contributed by atoms with Crippen molar-refractivity contribution < 1.29 is 18.3 Å². The summed E-state index contributed by atoms with van der Waals surface area (Å²) < 4.78 is 35.1. The number of hydrogen-bond acceptors (Lipinski definition) is 5. The van der Waals surface area contributed by atoms with Crippen molar-refractivity contribution >= 4 is 32.9 Å². The van der Waals surface area contributed by atoms with Crippen LogP contribution >= 0.6 is 15.9 Å². The molecule has 1 fully saturated rings. The number of alkyl halides is 2. The maximum atomic E-state index is 13.8. The molecule has 1 aliphatic rings. The highest BCUT2D eigenvalue weighted by molar-refractivity contribution is 9.10. The summed E-state index contributed by atoms with van der Waals surface area (Å²) in [5.74, 6) is 0.555. The number of carbonyl (C=O) groups is 1. The number of carbonyl (C=O) groups excluding carboxylic acids is 1. The molecule has 9 heteroatoms. The van der Waals surface area contributed by atoms with Gasteiger partial charge in [-0.3, -0.25) is 9.78 Å². The Morgan fingerprint density at radius 3 is 2.89 bits per heavy atom. The zero-order valence-corrected chi connectivity index (χ0v) is 15.9. The maximum absolute atomic E-state index is 13.8. The molecule has 140 valence electrons. The Hall–Kier alpha value is -2.42. The van der Waals surface area contributed by atoms with E-state index in [-0.39, 0.29) is 40.6 Å². The van der Waals surface area contributed by atoms with Crippen molar-refractivity contribution in [2.75, 3.05) is 0 Å². The van der Waals surface area contributed by atoms with E-state index in [4.69, 9.17) is 4.74 Å². The molecule has 0 aliphatic heterocycles. The van der Waals surface area contributed by atoms with Crippen molar-refractivity contribution in [1.29, 1.82) is 0 Å². The minimum Gasteiger partial charge on any atom is -0.455 e. The molecule has 0 unspecified atom stereocenters. The lowest BCUT2D eigenvalue weighted by Crippen LogP contribution is -2.06. The van der Waals surface area contributed by atoms with Crippen LogP contribution in [0.2, 0.25) is 0 Å². The number of nitrogens with zero attached hydrogens (tertiary/aromatic N) is 4. The van der Waals surface area contributed by atoms with Crippen molar-refractivity contribution in [2.24, 2.45) is 13.0 Å². The molecule has 0 spiro atoms. The Balaban J connectivity index is 1.68. The summed E-state index contributed by atoms with van der Waals surface area (Å²) in [5.41, 5.74) is 0.679. The number of hydrogen-bond donors (Lipinski definition) is 0. The molecule has 3 aromatic heterocycles. The first-order valence-electron chi connectivity index (χ1n) is 8.38. The normalized spacial score (nSPS) is 14.1. The number of Topliss-reactive ketones (excluding diaryl/α,β-unsaturated/α-hetero) is 1. The van der Waals surface area contributed by atoms with E-state index in [0.717, 1.165) is 12.8 Å². The quantitative estimate of drug-likeness (QED) is 0.573. The molecule has 27 heavy (non-hydrogen) atoms. The van der Waals surface area contributed by atoms with Gasteiger partial charge >= 0.3 is 0 Å². The molecule has 4 rings (SSSR count). The number of pyridine rings is 2. The number of rotatable bonds is 6. The largest absolute Gasteiger partial charge is 0.455 e. The van der Waals surface area contributed by atoms with Crippen LogP contribution < -0.4 is 4.74 Å². The highest BCUT2D eigenvalue weighted by atomic mass is 79.9. The van der Waals surface area contributed by atoms with Gasteiger partial charge in [0.1, 0.15) is 17.0 Å². The maximum Gasteiger partial charge on any atom is 0.269 e. The number of ketones is 1. The topological polar surface area (TPSA) is 69.9 Å². The van der Waals surface area contributed by atoms with Crippen LogP contribution in [0, 0.1) is 5.92 Å². The van der Waals surface area contributed by atoms with E-state index in [0.29, 0.717) is 16.2 Å². The second kappa shape index (κ2) is 6.95. The van der Waals surface area contributed by atoms with Crippen LogP contribution in [-0.4, -0.2) is 25.3 Å². The molecule has 1 saturated carbocycles. The predicted molar refractivity (Wildman–Crippen MR) is 96.9 cm³/mol. The van der Waals surface area contributed by atoms with E-state index in [9.17, 15) is 13.6 Å². The molecule has 0 amide bonds. The van der Waals surface area contributed by atoms with Gasteiger partial charge in [0.2, 0.25) is 0 Å². The summed E-state index contributed by atoms with van der Waals surface area (Å²) in [5, 5.41) is 0. The van der Waals surface area contributed by atoms with Gasteiger partial charge in [-0.15, -0.1) is 0 Å². The van der Waals surface area contributed by atoms with Crippen molar-refractivity contribution in [3.8, 4) is 11.5 Å². The van der Waals surface area contributed by atoms with Gasteiger partial charge in [-0.1, -0.05) is 0 Å². The molecule has 6 nitrogen and oxygen atoms in total. The van der Waals surface area contributed by atoms with Gasteiger partial charge in [0.05, 0.1) is 17.5 Å². The van der Waals surface area contributed by atoms with Gasteiger partial charge in [-0.2, -0.15) is 0 Å². The molecular formula is C18H15BrF2N4O2. The molecule has 3 heterocycles. The highest BCUT2D eigenvalue weighted by Crippen LogP contribution is 2.38. The lowest BCUT2D eigenvalue weighted by atomic mass is 10.1. The fraction of sp³-hybridized carbons (Fsp3) is 0.333. The number of ether oxygens (including phenoxy) is 1. The Morgan fingerprint density at radius 2 is 2.19 bits per heavy atom. The lowest BCUT2D eigenvalue weighted by Gasteiger charge is -2.12. The third kappa shape index (κ3) is 3.55. The Labute approximate surface area is 161 Å². The van der Waals surface area contributed by atoms with Crippen LogP contribution in [0.15, 0.2) is 29.3 Å². The smallest absolute Gasteiger partial charge is 0.269 e. The number of halogens is 3. The SMILES string of the molecule is Cn1c(Br)nc2ncc(Oc3ccnc(CC(=O)C4CC4)c3)c(C(F)F)c21. The summed E-state index contributed by atoms with van der Waals surface area (Å²) in [6, 6.07) is 3.16. The highest BCUT2D eigenvalue weighted by Gasteiger charge is 2.29. The van der Waals surface area contributed by atoms with E-state index in [1.54, 1.807) is 19.2 Å². The first-order chi connectivity index (χ1) is 12.9. The van der Waals surface area contributed by atoms with Gasteiger partial charge in [0, 0.05) is 31.6 Å². The van der Waals surface area contributed by atoms with Crippen LogP contribution in [0.4, 0.5) is 8.78 Å². The van der Waals surface area contributed by atoms with Gasteiger partial charge in [-0.25, -0.2) is 18.7 Å². The first-order valence-corrected chi connectivity index (χ1v) is 9.18. The average Bonchev–Trinajstić information content (AvgIpc) is 3.43. The molecule has 0 aromatic carbocycles. The first kappa shape index (κ1) is 18.0. The third-order valence-corrected chi connectivity index (χ3v) is 5.18. The zero-order valence-electron chi connectivity index (χ0n) is 14.3. The summed E-state index contributed by atoms with van der Waals surface area (Å²) in [7, 11) is 1.62. The van der Waals surface area contributed by atoms with Crippen molar-refractivity contribution in [3.63, 3.8) is 0 Å². The van der Waals surface area contributed by atoms with Crippen LogP contribution in [0.5, 0.6) is 11.5 Å². The van der Waals surface area contributed by atoms with Gasteiger partial charge in [0.15, 0.2) is 16.1 Å². The van der Waals surface area contributed by atoms with Crippen molar-refractivity contribution in [3.05, 3.63) is 40.5 Å². The van der Waals surface area contributed by atoms with Crippen molar-refractivity contribution in [1.82, 2.24) is 19.5 Å². The Morgan fingerprint density at radius 1 is 1.41 bits per heavy atom. The zero-order chi connectivity index (χ0) is 19.1. The minimum atomic E-state index is -2.77. The molecule has 0 bridgehead atoms. The summed E-state index contributed by atoms with van der Waals surface area (Å²) in [6.07, 6.45) is 2.04. The summed E-state index contributed by atoms with van der Waals surface area (Å²) >= 11 is 3.22. The van der Waals surface area contributed by atoms with Crippen LogP contribution in [0.1, 0.15) is 30.5 Å². The predicted octanol–water partition coefficient (Wildman–Crippen LogP) is 4.38. The van der Waals surface area contributed by atoms with E-state index < -0.39 is 6.43 Å². The molecular weight excluding hydrogens is 422 g/mol. The number of fused-ring (bicyclic) bond motifs is 1. The second-order valence-corrected chi connectivity index (χ2v) is 7.16. The molecule has 0 N–H and O–H groups in total. The average molecular weight is 437 g/mol. The third-order valence-electron chi connectivity index (χ3n) is 4.47. The standard InChI is InChI=1S/C18H15BrF2N4O2/c1-25-15-14(16(20)21)13(8-23-17(15)24-18(25)19)27-11-4-5-22-10(6-11)7-12(26)9-2-3-9/h4-6,8-9,16H,2-3,7H2,1H3. The van der Waals surface area contributed by atoms with Crippen LogP contribution in [-0.2, 0) is 18.3 Å². The molecule has 0 radical (unpaired) electrons. The Kier molecular flexibility index (Phi) is 4.63. The molecule has 3 aromatic rings. The number of imidazole rings is 1. The van der Waals surface area contributed by atoms with Crippen molar-refractivity contribution in [2.45, 2.75) is 25.7 Å². The molecule has 0 saturated heterocycles. The molecule has 1 aliphatic carbocycles. The lowest BCUT2D eigenvalue weighted by molar-refractivity contribution is -0.119. The van der Waals surface area contributed by atoms with E-state index in [1.165, 1.54) is 17.0 Å². The fourth-order valence-electron chi connectivity index (χ4n) is 2.92. The van der Waals surface area contributed by atoms with Gasteiger partial charge < -0.3 is 9.30 Å². The van der Waals surface area contributed by atoms with Crippen LogP contribution in [0.25, 0.3) is 11.2 Å². The van der Waals surface area contributed by atoms with Crippen LogP contribution in [0.3, 0.4) is 0 Å². The van der Waals surface area contributed by atoms with Gasteiger partial charge in [0.25, 0.3) is 6.43 Å². The monoisotopic (exact) mass is 436 g/mol. The van der Waals surface area contributed by atoms with E-state index >= 15 is 0 Å². The van der Waals surface area contributed by atoms with E-state index in [1.807, 2.05) is 0 Å². The summed E-state index contributed by atoms with van der Waals surface area (Å²) in [6.45, 7) is 0. The second-order valence-electron chi connectivity index (χ2n) is 6.45.